The van der Waals surface area contributed by atoms with Crippen molar-refractivity contribution in [1.82, 2.24) is 4.57 Å². The van der Waals surface area contributed by atoms with Crippen molar-refractivity contribution in [2.75, 3.05) is 13.2 Å². The maximum absolute atomic E-state index is 12.9. The molecule has 5 heteroatoms. The van der Waals surface area contributed by atoms with E-state index in [1.54, 1.807) is 13.8 Å². The van der Waals surface area contributed by atoms with Crippen molar-refractivity contribution in [3.05, 3.63) is 48.2 Å². The highest BCUT2D eigenvalue weighted by atomic mass is 16.6. The number of nitrogens with zero attached hydrogens (tertiary/aromatic N) is 1. The van der Waals surface area contributed by atoms with Gasteiger partial charge in [-0.3, -0.25) is 9.59 Å². The van der Waals surface area contributed by atoms with Gasteiger partial charge in [0.15, 0.2) is 5.41 Å². The van der Waals surface area contributed by atoms with Gasteiger partial charge in [-0.1, -0.05) is 37.3 Å². The largest absolute Gasteiger partial charge is 0.465 e. The molecule has 1 aromatic heterocycles. The van der Waals surface area contributed by atoms with E-state index < -0.39 is 17.4 Å². The van der Waals surface area contributed by atoms with Crippen LogP contribution in [0.25, 0.3) is 10.9 Å². The average molecular weight is 371 g/mol. The minimum absolute atomic E-state index is 0.215. The zero-order valence-electron chi connectivity index (χ0n) is 16.7. The first kappa shape index (κ1) is 20.7. The molecule has 27 heavy (non-hydrogen) atoms. The molecule has 0 amide bonds. The van der Waals surface area contributed by atoms with Crippen LogP contribution in [-0.4, -0.2) is 29.7 Å². The van der Waals surface area contributed by atoms with Gasteiger partial charge < -0.3 is 14.0 Å². The van der Waals surface area contributed by atoms with Gasteiger partial charge in [-0.25, -0.2) is 0 Å². The van der Waals surface area contributed by atoms with Gasteiger partial charge in [0.05, 0.1) is 13.2 Å². The Balaban J connectivity index is 2.53. The molecule has 0 N–H and O–H groups in total. The lowest BCUT2D eigenvalue weighted by Gasteiger charge is -2.28. The number of hydrogen-bond acceptors (Lipinski definition) is 4. The predicted molar refractivity (Wildman–Crippen MR) is 106 cm³/mol. The molecule has 0 atom stereocenters. The number of esters is 2. The van der Waals surface area contributed by atoms with E-state index in [1.165, 1.54) is 0 Å². The van der Waals surface area contributed by atoms with Crippen LogP contribution in [0, 0.1) is 5.41 Å². The summed E-state index contributed by atoms with van der Waals surface area (Å²) in [6.45, 7) is 5.93. The summed E-state index contributed by atoms with van der Waals surface area (Å²) >= 11 is 0. The zero-order chi connectivity index (χ0) is 19.9. The molecule has 0 saturated heterocycles. The molecule has 0 spiro atoms. The SMILES string of the molecule is CC/C=C/CC(Cc1cc2ccccc2n1C)(C(=O)OCC)C(=O)OCC. The zero-order valence-corrected chi connectivity index (χ0v) is 16.7. The van der Waals surface area contributed by atoms with Crippen molar-refractivity contribution in [2.45, 2.75) is 40.0 Å². The number of allylic oxidation sites excluding steroid dienone is 2. The van der Waals surface area contributed by atoms with Crippen LogP contribution in [-0.2, 0) is 32.5 Å². The lowest BCUT2D eigenvalue weighted by molar-refractivity contribution is -0.172. The molecule has 1 aromatic carbocycles. The quantitative estimate of drug-likeness (QED) is 0.377. The van der Waals surface area contributed by atoms with Crippen LogP contribution < -0.4 is 0 Å². The van der Waals surface area contributed by atoms with Gasteiger partial charge in [0.25, 0.3) is 0 Å². The number of aromatic nitrogens is 1. The second kappa shape index (κ2) is 9.40. The number of aryl methyl sites for hydroxylation is 1. The number of hydrogen-bond donors (Lipinski definition) is 0. The Morgan fingerprint density at radius 3 is 2.22 bits per heavy atom. The number of para-hydroxylation sites is 1. The van der Waals surface area contributed by atoms with Crippen molar-refractivity contribution >= 4 is 22.8 Å². The highest BCUT2D eigenvalue weighted by Gasteiger charge is 2.48. The van der Waals surface area contributed by atoms with Gasteiger partial charge in [-0.2, -0.15) is 0 Å². The third kappa shape index (κ3) is 4.41. The lowest BCUT2D eigenvalue weighted by Crippen LogP contribution is -2.44. The smallest absolute Gasteiger partial charge is 0.324 e. The average Bonchev–Trinajstić information content (AvgIpc) is 2.97. The highest BCUT2D eigenvalue weighted by molar-refractivity contribution is 6.00. The van der Waals surface area contributed by atoms with Gasteiger partial charge in [0.1, 0.15) is 0 Å². The highest BCUT2D eigenvalue weighted by Crippen LogP contribution is 2.34. The van der Waals surface area contributed by atoms with Crippen LogP contribution >= 0.6 is 0 Å². The number of fused-ring (bicyclic) bond motifs is 1. The lowest BCUT2D eigenvalue weighted by atomic mass is 9.79. The Bertz CT molecular complexity index is 801. The van der Waals surface area contributed by atoms with E-state index in [0.29, 0.717) is 0 Å². The summed E-state index contributed by atoms with van der Waals surface area (Å²) in [5.41, 5.74) is 0.556. The first-order chi connectivity index (χ1) is 13.0. The second-order valence-corrected chi connectivity index (χ2v) is 6.54. The van der Waals surface area contributed by atoms with E-state index in [-0.39, 0.29) is 26.1 Å². The molecule has 5 nitrogen and oxygen atoms in total. The molecule has 0 aliphatic carbocycles. The van der Waals surface area contributed by atoms with E-state index in [9.17, 15) is 9.59 Å². The maximum Gasteiger partial charge on any atom is 0.324 e. The molecule has 146 valence electrons. The summed E-state index contributed by atoms with van der Waals surface area (Å²) in [6, 6.07) is 10.0. The molecule has 0 unspecified atom stereocenters. The number of ether oxygens (including phenoxy) is 2. The first-order valence-corrected chi connectivity index (χ1v) is 9.52. The molecular formula is C22H29NO4. The number of benzene rings is 1. The van der Waals surface area contributed by atoms with Crippen LogP contribution in [0.1, 0.15) is 39.3 Å². The van der Waals surface area contributed by atoms with Crippen molar-refractivity contribution in [3.8, 4) is 0 Å². The standard InChI is InChI=1S/C22H29NO4/c1-5-8-11-14-22(20(24)26-6-2,21(25)27-7-3)16-18-15-17-12-9-10-13-19(17)23(18)4/h8-13,15H,5-7,14,16H2,1-4H3/b11-8+. The summed E-state index contributed by atoms with van der Waals surface area (Å²) < 4.78 is 12.6. The molecule has 1 heterocycles. The maximum atomic E-state index is 12.9. The van der Waals surface area contributed by atoms with Gasteiger partial charge >= 0.3 is 11.9 Å². The van der Waals surface area contributed by atoms with Crippen LogP contribution in [0.5, 0.6) is 0 Å². The normalized spacial score (nSPS) is 11.9. The fourth-order valence-corrected chi connectivity index (χ4v) is 3.28. The van der Waals surface area contributed by atoms with Crippen molar-refractivity contribution < 1.29 is 19.1 Å². The van der Waals surface area contributed by atoms with E-state index in [0.717, 1.165) is 23.0 Å². The minimum Gasteiger partial charge on any atom is -0.465 e. The molecule has 0 radical (unpaired) electrons. The van der Waals surface area contributed by atoms with Crippen molar-refractivity contribution in [2.24, 2.45) is 12.5 Å². The Labute approximate surface area is 161 Å². The number of carbonyl (C=O) groups excluding carboxylic acids is 2. The summed E-state index contributed by atoms with van der Waals surface area (Å²) in [5, 5.41) is 1.07. The summed E-state index contributed by atoms with van der Waals surface area (Å²) in [6.07, 6.45) is 5.13. The van der Waals surface area contributed by atoms with Gasteiger partial charge in [-0.05, 0) is 44.2 Å². The molecule has 0 aliphatic heterocycles. The van der Waals surface area contributed by atoms with E-state index in [2.05, 4.69) is 0 Å². The number of rotatable bonds is 9. The molecule has 2 rings (SSSR count). The summed E-state index contributed by atoms with van der Waals surface area (Å²) in [4.78, 5) is 25.9. The van der Waals surface area contributed by atoms with E-state index >= 15 is 0 Å². The van der Waals surface area contributed by atoms with Crippen LogP contribution in [0.3, 0.4) is 0 Å². The topological polar surface area (TPSA) is 57.5 Å². The molecule has 0 fully saturated rings. The summed E-state index contributed by atoms with van der Waals surface area (Å²) in [5.74, 6) is -1.07. The van der Waals surface area contributed by atoms with Gasteiger partial charge in [-0.15, -0.1) is 0 Å². The van der Waals surface area contributed by atoms with Crippen LogP contribution in [0.2, 0.25) is 0 Å². The minimum atomic E-state index is -1.39. The molecular weight excluding hydrogens is 342 g/mol. The fraction of sp³-hybridized carbons (Fsp3) is 0.455. The molecule has 0 aliphatic rings. The Kier molecular flexibility index (Phi) is 7.22. The van der Waals surface area contributed by atoms with Crippen LogP contribution in [0.15, 0.2) is 42.5 Å². The van der Waals surface area contributed by atoms with E-state index in [4.69, 9.17) is 9.47 Å². The fourth-order valence-electron chi connectivity index (χ4n) is 3.28. The Morgan fingerprint density at radius 1 is 1.04 bits per heavy atom. The third-order valence-corrected chi connectivity index (χ3v) is 4.73. The number of carbonyl (C=O) groups is 2. The van der Waals surface area contributed by atoms with E-state index in [1.807, 2.05) is 61.0 Å². The summed E-state index contributed by atoms with van der Waals surface area (Å²) in [7, 11) is 1.95. The predicted octanol–water partition coefficient (Wildman–Crippen LogP) is 4.19. The Hall–Kier alpha value is -2.56. The van der Waals surface area contributed by atoms with Crippen LogP contribution in [0.4, 0.5) is 0 Å². The Morgan fingerprint density at radius 2 is 1.67 bits per heavy atom. The first-order valence-electron chi connectivity index (χ1n) is 9.52. The van der Waals surface area contributed by atoms with Gasteiger partial charge in [0.2, 0.25) is 0 Å². The monoisotopic (exact) mass is 371 g/mol. The van der Waals surface area contributed by atoms with Crippen molar-refractivity contribution in [3.63, 3.8) is 0 Å². The van der Waals surface area contributed by atoms with Gasteiger partial charge in [0, 0.05) is 24.7 Å². The third-order valence-electron chi connectivity index (χ3n) is 4.73. The molecule has 0 saturated carbocycles. The second-order valence-electron chi connectivity index (χ2n) is 6.54. The molecule has 2 aromatic rings. The molecule has 0 bridgehead atoms. The van der Waals surface area contributed by atoms with Crippen molar-refractivity contribution in [1.29, 1.82) is 0 Å².